The molecule has 0 bridgehead atoms. The molecule has 0 saturated carbocycles. The number of nitrogens with zero attached hydrogens (tertiary/aromatic N) is 1. The third-order valence-corrected chi connectivity index (χ3v) is 1.35. The normalized spacial score (nSPS) is 13.0. The van der Waals surface area contributed by atoms with Crippen molar-refractivity contribution < 1.29 is 4.39 Å². The number of hydrogen-bond donors (Lipinski definition) is 1. The van der Waals surface area contributed by atoms with Gasteiger partial charge in [0.15, 0.2) is 0 Å². The zero-order chi connectivity index (χ0) is 8.27. The van der Waals surface area contributed by atoms with Crippen molar-refractivity contribution in [2.24, 2.45) is 5.73 Å². The van der Waals surface area contributed by atoms with E-state index in [1.807, 2.05) is 6.92 Å². The van der Waals surface area contributed by atoms with E-state index < -0.39 is 5.95 Å². The topological polar surface area (TPSA) is 38.9 Å². The van der Waals surface area contributed by atoms with Gasteiger partial charge in [0.05, 0.1) is 0 Å². The van der Waals surface area contributed by atoms with Gasteiger partial charge in [0.2, 0.25) is 5.95 Å². The molecule has 0 aliphatic rings. The molecule has 0 saturated heterocycles. The largest absolute Gasteiger partial charge is 0.328 e. The fourth-order valence-corrected chi connectivity index (χ4v) is 0.899. The van der Waals surface area contributed by atoms with E-state index in [0.717, 1.165) is 12.0 Å². The molecule has 3 heteroatoms. The van der Waals surface area contributed by atoms with Crippen LogP contribution in [-0.2, 0) is 6.42 Å². The Hall–Kier alpha value is -0.960. The van der Waals surface area contributed by atoms with E-state index in [4.69, 9.17) is 5.73 Å². The summed E-state index contributed by atoms with van der Waals surface area (Å²) in [7, 11) is 0. The van der Waals surface area contributed by atoms with Crippen molar-refractivity contribution in [2.75, 3.05) is 0 Å². The van der Waals surface area contributed by atoms with Gasteiger partial charge in [-0.3, -0.25) is 0 Å². The first-order valence-electron chi connectivity index (χ1n) is 3.54. The number of halogens is 1. The molecule has 2 N–H and O–H groups in total. The lowest BCUT2D eigenvalue weighted by Gasteiger charge is -2.02. The summed E-state index contributed by atoms with van der Waals surface area (Å²) in [5.41, 5.74) is 6.51. The molecule has 0 amide bonds. The molecule has 11 heavy (non-hydrogen) atoms. The van der Waals surface area contributed by atoms with E-state index >= 15 is 0 Å². The summed E-state index contributed by atoms with van der Waals surface area (Å²) in [4.78, 5) is 3.51. The molecule has 1 aromatic rings. The minimum atomic E-state index is -0.446. The van der Waals surface area contributed by atoms with Gasteiger partial charge in [-0.1, -0.05) is 6.07 Å². The zero-order valence-electron chi connectivity index (χ0n) is 6.42. The van der Waals surface area contributed by atoms with Crippen LogP contribution in [0.2, 0.25) is 0 Å². The van der Waals surface area contributed by atoms with Crippen LogP contribution in [0.25, 0.3) is 0 Å². The molecule has 1 heterocycles. The molecule has 1 atom stereocenters. The standard InChI is InChI=1S/C8H11FN2/c1-6(10)4-7-2-3-8(9)11-5-7/h2-3,5-6H,4,10H2,1H3/t6-/m0/s1. The Bertz CT molecular complexity index is 218. The first-order valence-corrected chi connectivity index (χ1v) is 3.54. The van der Waals surface area contributed by atoms with Crippen LogP contribution in [-0.4, -0.2) is 11.0 Å². The van der Waals surface area contributed by atoms with E-state index in [1.54, 1.807) is 6.07 Å². The highest BCUT2D eigenvalue weighted by Crippen LogP contribution is 2.01. The first kappa shape index (κ1) is 8.14. The van der Waals surface area contributed by atoms with Crippen LogP contribution in [0, 0.1) is 5.95 Å². The predicted octanol–water partition coefficient (Wildman–Crippen LogP) is 1.11. The van der Waals surface area contributed by atoms with Crippen molar-refractivity contribution in [3.63, 3.8) is 0 Å². The maximum atomic E-state index is 12.3. The summed E-state index contributed by atoms with van der Waals surface area (Å²) < 4.78 is 12.3. The number of nitrogens with two attached hydrogens (primary N) is 1. The van der Waals surface area contributed by atoms with E-state index in [9.17, 15) is 4.39 Å². The van der Waals surface area contributed by atoms with Crippen molar-refractivity contribution in [2.45, 2.75) is 19.4 Å². The highest BCUT2D eigenvalue weighted by molar-refractivity contribution is 5.10. The van der Waals surface area contributed by atoms with Gasteiger partial charge in [0, 0.05) is 12.2 Å². The van der Waals surface area contributed by atoms with Crippen LogP contribution >= 0.6 is 0 Å². The van der Waals surface area contributed by atoms with Gasteiger partial charge >= 0.3 is 0 Å². The van der Waals surface area contributed by atoms with Gasteiger partial charge in [0.1, 0.15) is 0 Å². The monoisotopic (exact) mass is 154 g/mol. The van der Waals surface area contributed by atoms with E-state index in [1.165, 1.54) is 12.3 Å². The van der Waals surface area contributed by atoms with Crippen molar-refractivity contribution in [3.05, 3.63) is 29.8 Å². The van der Waals surface area contributed by atoms with Crippen molar-refractivity contribution in [1.29, 1.82) is 0 Å². The van der Waals surface area contributed by atoms with Gasteiger partial charge in [-0.2, -0.15) is 4.39 Å². The molecule has 1 rings (SSSR count). The van der Waals surface area contributed by atoms with Crippen molar-refractivity contribution in [1.82, 2.24) is 4.98 Å². The van der Waals surface area contributed by atoms with Crippen LogP contribution in [0.1, 0.15) is 12.5 Å². The lowest BCUT2D eigenvalue weighted by molar-refractivity contribution is 0.581. The highest BCUT2D eigenvalue weighted by Gasteiger charge is 1.97. The Labute approximate surface area is 65.3 Å². The molecule has 0 aromatic carbocycles. The summed E-state index contributed by atoms with van der Waals surface area (Å²) in [5.74, 6) is -0.446. The van der Waals surface area contributed by atoms with E-state index in [0.29, 0.717) is 0 Å². The summed E-state index contributed by atoms with van der Waals surface area (Å²) in [6, 6.07) is 3.14. The van der Waals surface area contributed by atoms with E-state index in [-0.39, 0.29) is 6.04 Å². The predicted molar refractivity (Wildman–Crippen MR) is 41.5 cm³/mol. The fraction of sp³-hybridized carbons (Fsp3) is 0.375. The Morgan fingerprint density at radius 2 is 2.36 bits per heavy atom. The minimum Gasteiger partial charge on any atom is -0.328 e. The summed E-state index contributed by atoms with van der Waals surface area (Å²) in [6.07, 6.45) is 2.26. The van der Waals surface area contributed by atoms with E-state index in [2.05, 4.69) is 4.98 Å². The van der Waals surface area contributed by atoms with Gasteiger partial charge in [0.25, 0.3) is 0 Å². The maximum Gasteiger partial charge on any atom is 0.212 e. The first-order chi connectivity index (χ1) is 5.18. The average Bonchev–Trinajstić information content (AvgIpc) is 1.93. The number of aromatic nitrogens is 1. The zero-order valence-corrected chi connectivity index (χ0v) is 6.42. The third kappa shape index (κ3) is 2.63. The van der Waals surface area contributed by atoms with Gasteiger partial charge in [-0.15, -0.1) is 0 Å². The second-order valence-electron chi connectivity index (χ2n) is 2.67. The van der Waals surface area contributed by atoms with Crippen LogP contribution in [0.3, 0.4) is 0 Å². The molecular weight excluding hydrogens is 143 g/mol. The Morgan fingerprint density at radius 1 is 1.64 bits per heavy atom. The molecule has 0 aliphatic heterocycles. The SMILES string of the molecule is C[C@H](N)Cc1ccc(F)nc1. The Morgan fingerprint density at radius 3 is 2.82 bits per heavy atom. The fourth-order valence-electron chi connectivity index (χ4n) is 0.899. The number of pyridine rings is 1. The number of hydrogen-bond acceptors (Lipinski definition) is 2. The molecular formula is C8H11FN2. The molecule has 60 valence electrons. The average molecular weight is 154 g/mol. The van der Waals surface area contributed by atoms with Crippen LogP contribution in [0.5, 0.6) is 0 Å². The van der Waals surface area contributed by atoms with Crippen molar-refractivity contribution in [3.8, 4) is 0 Å². The molecule has 1 aromatic heterocycles. The van der Waals surface area contributed by atoms with Crippen LogP contribution in [0.15, 0.2) is 18.3 Å². The lowest BCUT2D eigenvalue weighted by atomic mass is 10.1. The minimum absolute atomic E-state index is 0.0993. The molecule has 0 aliphatic carbocycles. The van der Waals surface area contributed by atoms with Gasteiger partial charge in [-0.05, 0) is 25.0 Å². The van der Waals surface area contributed by atoms with Gasteiger partial charge in [-0.25, -0.2) is 4.98 Å². The molecule has 0 spiro atoms. The Kier molecular flexibility index (Phi) is 2.54. The smallest absolute Gasteiger partial charge is 0.212 e. The molecule has 0 unspecified atom stereocenters. The summed E-state index contributed by atoms with van der Waals surface area (Å²) in [6.45, 7) is 1.91. The van der Waals surface area contributed by atoms with Crippen LogP contribution in [0.4, 0.5) is 4.39 Å². The second-order valence-corrected chi connectivity index (χ2v) is 2.67. The highest BCUT2D eigenvalue weighted by atomic mass is 19.1. The Balaban J connectivity index is 2.66. The summed E-state index contributed by atoms with van der Waals surface area (Å²) >= 11 is 0. The maximum absolute atomic E-state index is 12.3. The quantitative estimate of drug-likeness (QED) is 0.648. The molecule has 0 radical (unpaired) electrons. The van der Waals surface area contributed by atoms with Crippen molar-refractivity contribution >= 4 is 0 Å². The van der Waals surface area contributed by atoms with Gasteiger partial charge < -0.3 is 5.73 Å². The molecule has 2 nitrogen and oxygen atoms in total. The lowest BCUT2D eigenvalue weighted by Crippen LogP contribution is -2.17. The number of rotatable bonds is 2. The summed E-state index contributed by atoms with van der Waals surface area (Å²) in [5, 5.41) is 0. The van der Waals surface area contributed by atoms with Crippen LogP contribution < -0.4 is 5.73 Å². The third-order valence-electron chi connectivity index (χ3n) is 1.35. The second kappa shape index (κ2) is 3.44. The molecule has 0 fully saturated rings.